The fourth-order valence-corrected chi connectivity index (χ4v) is 2.38. The second-order valence-corrected chi connectivity index (χ2v) is 5.53. The van der Waals surface area contributed by atoms with E-state index in [0.717, 1.165) is 30.5 Å². The highest BCUT2D eigenvalue weighted by Crippen LogP contribution is 2.42. The van der Waals surface area contributed by atoms with Crippen LogP contribution in [0.2, 0.25) is 0 Å². The van der Waals surface area contributed by atoms with Crippen molar-refractivity contribution < 1.29 is 4.79 Å². The Morgan fingerprint density at radius 1 is 1.33 bits per heavy atom. The summed E-state index contributed by atoms with van der Waals surface area (Å²) in [4.78, 5) is 12.1. The number of nitrogen functional groups attached to an aromatic ring is 1. The standard InChI is InChI=1S/C16H20N4O/c1-2-10-3-5-11(6-4-10)9-18-16(21)15-13(17)14(19-20-15)12-7-8-12/h3-6,12H,2,7-9,17H2,1H3,(H,18,21)(H,19,20). The molecule has 4 N–H and O–H groups in total. The molecule has 0 aliphatic heterocycles. The third-order valence-electron chi connectivity index (χ3n) is 3.92. The van der Waals surface area contributed by atoms with Gasteiger partial charge in [-0.3, -0.25) is 9.89 Å². The minimum Gasteiger partial charge on any atom is -0.395 e. The molecule has 1 fully saturated rings. The molecule has 1 amide bonds. The Bertz CT molecular complexity index is 641. The highest BCUT2D eigenvalue weighted by atomic mass is 16.1. The number of rotatable bonds is 5. The Labute approximate surface area is 123 Å². The Morgan fingerprint density at radius 3 is 2.62 bits per heavy atom. The van der Waals surface area contributed by atoms with Crippen molar-refractivity contribution in [2.45, 2.75) is 38.6 Å². The maximum absolute atomic E-state index is 12.1. The van der Waals surface area contributed by atoms with Crippen molar-refractivity contribution in [3.63, 3.8) is 0 Å². The van der Waals surface area contributed by atoms with Gasteiger partial charge >= 0.3 is 0 Å². The molecular weight excluding hydrogens is 264 g/mol. The number of aromatic amines is 1. The predicted molar refractivity (Wildman–Crippen MR) is 82.0 cm³/mol. The number of anilines is 1. The summed E-state index contributed by atoms with van der Waals surface area (Å²) in [6.45, 7) is 2.60. The smallest absolute Gasteiger partial charge is 0.274 e. The van der Waals surface area contributed by atoms with E-state index in [1.807, 2.05) is 12.1 Å². The van der Waals surface area contributed by atoms with Gasteiger partial charge in [-0.2, -0.15) is 5.10 Å². The molecule has 1 heterocycles. The normalized spacial score (nSPS) is 14.1. The number of nitrogens with zero attached hydrogens (tertiary/aromatic N) is 1. The summed E-state index contributed by atoms with van der Waals surface area (Å²) in [6.07, 6.45) is 3.26. The molecule has 110 valence electrons. The molecule has 5 heteroatoms. The van der Waals surface area contributed by atoms with Gasteiger partial charge in [-0.15, -0.1) is 0 Å². The van der Waals surface area contributed by atoms with Crippen molar-refractivity contribution in [1.82, 2.24) is 15.5 Å². The zero-order valence-electron chi connectivity index (χ0n) is 12.1. The molecule has 1 aliphatic rings. The number of carbonyl (C=O) groups is 1. The van der Waals surface area contributed by atoms with E-state index in [9.17, 15) is 4.79 Å². The van der Waals surface area contributed by atoms with Gasteiger partial charge in [0.05, 0.1) is 11.4 Å². The van der Waals surface area contributed by atoms with Crippen molar-refractivity contribution in [2.24, 2.45) is 0 Å². The monoisotopic (exact) mass is 284 g/mol. The molecule has 0 saturated heterocycles. The second kappa shape index (κ2) is 5.60. The lowest BCUT2D eigenvalue weighted by atomic mass is 10.1. The van der Waals surface area contributed by atoms with Crippen LogP contribution in [-0.2, 0) is 13.0 Å². The predicted octanol–water partition coefficient (Wildman–Crippen LogP) is 2.36. The second-order valence-electron chi connectivity index (χ2n) is 5.53. The largest absolute Gasteiger partial charge is 0.395 e. The van der Waals surface area contributed by atoms with Crippen LogP contribution in [-0.4, -0.2) is 16.1 Å². The van der Waals surface area contributed by atoms with Crippen molar-refractivity contribution in [2.75, 3.05) is 5.73 Å². The van der Waals surface area contributed by atoms with Gasteiger partial charge in [0.15, 0.2) is 5.69 Å². The van der Waals surface area contributed by atoms with Crippen LogP contribution in [0, 0.1) is 0 Å². The average molecular weight is 284 g/mol. The van der Waals surface area contributed by atoms with E-state index < -0.39 is 0 Å². The Balaban J connectivity index is 1.63. The van der Waals surface area contributed by atoms with Crippen LogP contribution in [0.5, 0.6) is 0 Å². The van der Waals surface area contributed by atoms with Crippen LogP contribution in [0.15, 0.2) is 24.3 Å². The molecule has 2 aromatic rings. The van der Waals surface area contributed by atoms with E-state index in [4.69, 9.17) is 5.73 Å². The average Bonchev–Trinajstić information content (AvgIpc) is 3.28. The van der Waals surface area contributed by atoms with E-state index in [1.54, 1.807) is 0 Å². The van der Waals surface area contributed by atoms with Crippen molar-refractivity contribution in [1.29, 1.82) is 0 Å². The topological polar surface area (TPSA) is 83.8 Å². The molecule has 1 aliphatic carbocycles. The number of nitrogens with two attached hydrogens (primary N) is 1. The molecule has 0 atom stereocenters. The molecule has 1 aromatic carbocycles. The lowest BCUT2D eigenvalue weighted by Gasteiger charge is -2.05. The Hall–Kier alpha value is -2.30. The van der Waals surface area contributed by atoms with Crippen LogP contribution < -0.4 is 11.1 Å². The first-order valence-electron chi connectivity index (χ1n) is 7.38. The molecule has 3 rings (SSSR count). The molecule has 5 nitrogen and oxygen atoms in total. The van der Waals surface area contributed by atoms with Gasteiger partial charge in [0.1, 0.15) is 0 Å². The number of benzene rings is 1. The zero-order valence-corrected chi connectivity index (χ0v) is 12.1. The molecule has 0 spiro atoms. The molecule has 0 radical (unpaired) electrons. The zero-order chi connectivity index (χ0) is 14.8. The SMILES string of the molecule is CCc1ccc(CNC(=O)c2n[nH]c(C3CC3)c2N)cc1. The van der Waals surface area contributed by atoms with E-state index in [-0.39, 0.29) is 5.91 Å². The molecule has 21 heavy (non-hydrogen) atoms. The molecule has 0 unspecified atom stereocenters. The van der Waals surface area contributed by atoms with E-state index >= 15 is 0 Å². The molecule has 0 bridgehead atoms. The van der Waals surface area contributed by atoms with Gasteiger partial charge in [0.2, 0.25) is 0 Å². The molecule has 1 aromatic heterocycles. The summed E-state index contributed by atoms with van der Waals surface area (Å²) in [6, 6.07) is 8.22. The number of hydrogen-bond acceptors (Lipinski definition) is 3. The lowest BCUT2D eigenvalue weighted by Crippen LogP contribution is -2.24. The van der Waals surface area contributed by atoms with Gasteiger partial charge in [0.25, 0.3) is 5.91 Å². The maximum Gasteiger partial charge on any atom is 0.274 e. The van der Waals surface area contributed by atoms with Gasteiger partial charge in [0, 0.05) is 12.5 Å². The van der Waals surface area contributed by atoms with E-state index in [0.29, 0.717) is 23.8 Å². The third-order valence-corrected chi connectivity index (χ3v) is 3.92. The Kier molecular flexibility index (Phi) is 3.64. The van der Waals surface area contributed by atoms with Gasteiger partial charge in [-0.25, -0.2) is 0 Å². The summed E-state index contributed by atoms with van der Waals surface area (Å²) < 4.78 is 0. The third kappa shape index (κ3) is 2.91. The summed E-state index contributed by atoms with van der Waals surface area (Å²) >= 11 is 0. The van der Waals surface area contributed by atoms with E-state index in [1.165, 1.54) is 5.56 Å². The summed E-state index contributed by atoms with van der Waals surface area (Å²) in [5, 5.41) is 9.81. The quantitative estimate of drug-likeness (QED) is 0.788. The number of carbonyl (C=O) groups excluding carboxylic acids is 1. The minimum absolute atomic E-state index is 0.227. The Morgan fingerprint density at radius 2 is 2.00 bits per heavy atom. The first-order chi connectivity index (χ1) is 10.2. The number of amides is 1. The fourth-order valence-electron chi connectivity index (χ4n) is 2.38. The minimum atomic E-state index is -0.227. The number of nitrogens with one attached hydrogen (secondary N) is 2. The summed E-state index contributed by atoms with van der Waals surface area (Å²) in [5.74, 6) is 0.232. The maximum atomic E-state index is 12.1. The highest BCUT2D eigenvalue weighted by molar-refractivity contribution is 5.97. The molecular formula is C16H20N4O. The number of hydrogen-bond donors (Lipinski definition) is 3. The summed E-state index contributed by atoms with van der Waals surface area (Å²) in [5.41, 5.74) is 10.1. The van der Waals surface area contributed by atoms with Gasteiger partial charge < -0.3 is 11.1 Å². The van der Waals surface area contributed by atoms with E-state index in [2.05, 4.69) is 34.6 Å². The van der Waals surface area contributed by atoms with Crippen LogP contribution in [0.25, 0.3) is 0 Å². The van der Waals surface area contributed by atoms with Crippen LogP contribution >= 0.6 is 0 Å². The first-order valence-corrected chi connectivity index (χ1v) is 7.38. The van der Waals surface area contributed by atoms with Gasteiger partial charge in [-0.05, 0) is 30.4 Å². The highest BCUT2D eigenvalue weighted by Gasteiger charge is 2.30. The van der Waals surface area contributed by atoms with Crippen LogP contribution in [0.1, 0.15) is 53.0 Å². The number of H-pyrrole nitrogens is 1. The summed E-state index contributed by atoms with van der Waals surface area (Å²) in [7, 11) is 0. The van der Waals surface area contributed by atoms with Crippen molar-refractivity contribution in [3.8, 4) is 0 Å². The van der Waals surface area contributed by atoms with Crippen molar-refractivity contribution in [3.05, 3.63) is 46.8 Å². The van der Waals surface area contributed by atoms with Crippen LogP contribution in [0.4, 0.5) is 5.69 Å². The molecule has 1 saturated carbocycles. The number of aromatic nitrogens is 2. The fraction of sp³-hybridized carbons (Fsp3) is 0.375. The van der Waals surface area contributed by atoms with Crippen LogP contribution in [0.3, 0.4) is 0 Å². The number of aryl methyl sites for hydroxylation is 1. The lowest BCUT2D eigenvalue weighted by molar-refractivity contribution is 0.0947. The van der Waals surface area contributed by atoms with Crippen molar-refractivity contribution >= 4 is 11.6 Å². The first kappa shape index (κ1) is 13.7. The van der Waals surface area contributed by atoms with Gasteiger partial charge in [-0.1, -0.05) is 31.2 Å².